The Morgan fingerprint density at radius 1 is 1.21 bits per heavy atom. The van der Waals surface area contributed by atoms with Crippen molar-refractivity contribution in [2.45, 2.75) is 91.1 Å². The van der Waals surface area contributed by atoms with Crippen LogP contribution < -0.4 is 0 Å². The minimum Gasteiger partial charge on any atom is -0.469 e. The van der Waals surface area contributed by atoms with Crippen molar-refractivity contribution >= 4 is 5.97 Å². The molecule has 0 amide bonds. The standard InChI is InChI=1S/C25H40O3/c1-16(5-10-23(27)28-4)20-8-9-21-19-7-6-17-15-18(26)11-13-24(17,2)22(19)12-14-25(20,21)3/h8,16-19,21-22,26H,5-7,9-15H2,1-4H3/t16-,17?,18-,19?,21?,22?,24?,25?/m1/s1. The highest BCUT2D eigenvalue weighted by Crippen LogP contribution is 2.67. The van der Waals surface area contributed by atoms with E-state index in [2.05, 4.69) is 26.8 Å². The summed E-state index contributed by atoms with van der Waals surface area (Å²) in [6.45, 7) is 7.40. The molecule has 3 saturated carbocycles. The van der Waals surface area contributed by atoms with Crippen molar-refractivity contribution in [3.63, 3.8) is 0 Å². The maximum atomic E-state index is 11.6. The van der Waals surface area contributed by atoms with Crippen molar-refractivity contribution in [1.29, 1.82) is 0 Å². The van der Waals surface area contributed by atoms with E-state index >= 15 is 0 Å². The minimum atomic E-state index is -0.0819. The Morgan fingerprint density at radius 3 is 2.75 bits per heavy atom. The van der Waals surface area contributed by atoms with Crippen molar-refractivity contribution < 1.29 is 14.6 Å². The number of fused-ring (bicyclic) bond motifs is 5. The summed E-state index contributed by atoms with van der Waals surface area (Å²) >= 11 is 0. The van der Waals surface area contributed by atoms with Gasteiger partial charge in [0, 0.05) is 6.42 Å². The molecule has 3 heteroatoms. The lowest BCUT2D eigenvalue weighted by Crippen LogP contribution is -2.53. The van der Waals surface area contributed by atoms with E-state index in [0.29, 0.717) is 23.2 Å². The molecule has 4 rings (SSSR count). The second kappa shape index (κ2) is 7.45. The van der Waals surface area contributed by atoms with Crippen LogP contribution in [0.25, 0.3) is 0 Å². The number of aliphatic hydroxyl groups is 1. The molecule has 3 fully saturated rings. The van der Waals surface area contributed by atoms with Crippen LogP contribution in [0.4, 0.5) is 0 Å². The Morgan fingerprint density at radius 2 is 2.00 bits per heavy atom. The third kappa shape index (κ3) is 3.16. The number of methoxy groups -OCH3 is 1. The van der Waals surface area contributed by atoms with E-state index < -0.39 is 0 Å². The van der Waals surface area contributed by atoms with Crippen LogP contribution in [-0.4, -0.2) is 24.3 Å². The van der Waals surface area contributed by atoms with Crippen LogP contribution in [0, 0.1) is 40.4 Å². The Bertz CT molecular complexity index is 640. The zero-order chi connectivity index (χ0) is 20.1. The fraction of sp³-hybridized carbons (Fsp3) is 0.880. The smallest absolute Gasteiger partial charge is 0.305 e. The van der Waals surface area contributed by atoms with E-state index in [1.165, 1.54) is 45.6 Å². The van der Waals surface area contributed by atoms with Gasteiger partial charge in [-0.05, 0) is 98.2 Å². The summed E-state index contributed by atoms with van der Waals surface area (Å²) in [6.07, 6.45) is 13.8. The van der Waals surface area contributed by atoms with Gasteiger partial charge in [0.15, 0.2) is 0 Å². The molecule has 0 bridgehead atoms. The summed E-state index contributed by atoms with van der Waals surface area (Å²) in [5, 5.41) is 10.2. The van der Waals surface area contributed by atoms with Gasteiger partial charge in [-0.15, -0.1) is 0 Å². The topological polar surface area (TPSA) is 46.5 Å². The Hall–Kier alpha value is -0.830. The fourth-order valence-corrected chi connectivity index (χ4v) is 8.19. The van der Waals surface area contributed by atoms with Crippen LogP contribution in [0.1, 0.15) is 85.0 Å². The van der Waals surface area contributed by atoms with Crippen LogP contribution in [0.5, 0.6) is 0 Å². The summed E-state index contributed by atoms with van der Waals surface area (Å²) in [4.78, 5) is 11.6. The molecule has 0 aromatic heterocycles. The highest BCUT2D eigenvalue weighted by molar-refractivity contribution is 5.69. The molecule has 0 spiro atoms. The molecular weight excluding hydrogens is 348 g/mol. The second-order valence-electron chi connectivity index (χ2n) is 11.0. The number of rotatable bonds is 4. The number of carbonyl (C=O) groups excluding carboxylic acids is 1. The zero-order valence-corrected chi connectivity index (χ0v) is 18.4. The molecule has 4 aliphatic carbocycles. The highest BCUT2D eigenvalue weighted by atomic mass is 16.5. The van der Waals surface area contributed by atoms with Gasteiger partial charge in [0.25, 0.3) is 0 Å². The molecule has 0 aromatic carbocycles. The molecule has 4 aliphatic rings. The number of carbonyl (C=O) groups is 1. The Balaban J connectivity index is 1.49. The van der Waals surface area contributed by atoms with Crippen molar-refractivity contribution in [3.8, 4) is 0 Å². The van der Waals surface area contributed by atoms with Crippen molar-refractivity contribution in [2.24, 2.45) is 40.4 Å². The average Bonchev–Trinajstić information content (AvgIpc) is 3.03. The molecule has 0 aromatic rings. The van der Waals surface area contributed by atoms with Crippen LogP contribution in [0.2, 0.25) is 0 Å². The number of hydrogen-bond donors (Lipinski definition) is 1. The molecule has 8 atom stereocenters. The predicted molar refractivity (Wildman–Crippen MR) is 112 cm³/mol. The van der Waals surface area contributed by atoms with Gasteiger partial charge in [0.2, 0.25) is 0 Å². The SMILES string of the molecule is COC(=O)CC[C@@H](C)C1=CCC2C3CCC4C[C@H](O)CCC4(C)C3CCC12C. The molecule has 3 nitrogen and oxygen atoms in total. The van der Waals surface area contributed by atoms with Gasteiger partial charge in [-0.2, -0.15) is 0 Å². The first-order chi connectivity index (χ1) is 13.3. The van der Waals surface area contributed by atoms with Crippen LogP contribution >= 0.6 is 0 Å². The van der Waals surface area contributed by atoms with E-state index in [4.69, 9.17) is 4.74 Å². The Kier molecular flexibility index (Phi) is 5.44. The van der Waals surface area contributed by atoms with Crippen molar-refractivity contribution in [1.82, 2.24) is 0 Å². The maximum absolute atomic E-state index is 11.6. The first-order valence-electron chi connectivity index (χ1n) is 11.7. The lowest BCUT2D eigenvalue weighted by molar-refractivity contribution is -0.140. The summed E-state index contributed by atoms with van der Waals surface area (Å²) in [7, 11) is 1.49. The summed E-state index contributed by atoms with van der Waals surface area (Å²) in [5.41, 5.74) is 2.41. The monoisotopic (exact) mass is 388 g/mol. The lowest BCUT2D eigenvalue weighted by atomic mass is 9.44. The summed E-state index contributed by atoms with van der Waals surface area (Å²) in [5.74, 6) is 3.59. The quantitative estimate of drug-likeness (QED) is 0.510. The summed E-state index contributed by atoms with van der Waals surface area (Å²) < 4.78 is 4.86. The van der Waals surface area contributed by atoms with E-state index in [9.17, 15) is 9.90 Å². The molecule has 6 unspecified atom stereocenters. The zero-order valence-electron chi connectivity index (χ0n) is 18.4. The third-order valence-electron chi connectivity index (χ3n) is 9.82. The molecule has 0 heterocycles. The number of hydrogen-bond acceptors (Lipinski definition) is 3. The predicted octanol–water partition coefficient (Wildman–Crippen LogP) is 5.52. The largest absolute Gasteiger partial charge is 0.469 e. The summed E-state index contributed by atoms with van der Waals surface area (Å²) in [6, 6.07) is 0. The molecule has 28 heavy (non-hydrogen) atoms. The van der Waals surface area contributed by atoms with Crippen molar-refractivity contribution in [2.75, 3.05) is 7.11 Å². The molecule has 1 N–H and O–H groups in total. The number of aliphatic hydroxyl groups excluding tert-OH is 1. The second-order valence-corrected chi connectivity index (χ2v) is 11.0. The van der Waals surface area contributed by atoms with Gasteiger partial charge in [-0.25, -0.2) is 0 Å². The average molecular weight is 389 g/mol. The molecule has 0 radical (unpaired) electrons. The van der Waals surface area contributed by atoms with Crippen molar-refractivity contribution in [3.05, 3.63) is 11.6 Å². The number of allylic oxidation sites excluding steroid dienone is 2. The van der Waals surface area contributed by atoms with Crippen LogP contribution in [0.15, 0.2) is 11.6 Å². The van der Waals surface area contributed by atoms with E-state index in [0.717, 1.165) is 42.9 Å². The van der Waals surface area contributed by atoms with Gasteiger partial charge in [-0.1, -0.05) is 32.4 Å². The normalized spacial score (nSPS) is 46.0. The van der Waals surface area contributed by atoms with Gasteiger partial charge < -0.3 is 9.84 Å². The molecule has 158 valence electrons. The van der Waals surface area contributed by atoms with Crippen LogP contribution in [-0.2, 0) is 9.53 Å². The number of esters is 1. The van der Waals surface area contributed by atoms with E-state index in [-0.39, 0.29) is 12.1 Å². The highest BCUT2D eigenvalue weighted by Gasteiger charge is 2.58. The lowest BCUT2D eigenvalue weighted by Gasteiger charge is -2.61. The van der Waals surface area contributed by atoms with Gasteiger partial charge in [0.05, 0.1) is 13.2 Å². The molecule has 0 saturated heterocycles. The van der Waals surface area contributed by atoms with E-state index in [1.807, 2.05) is 0 Å². The first-order valence-corrected chi connectivity index (χ1v) is 11.7. The Labute approximate surface area is 171 Å². The number of ether oxygens (including phenoxy) is 1. The fourth-order valence-electron chi connectivity index (χ4n) is 8.19. The van der Waals surface area contributed by atoms with Gasteiger partial charge >= 0.3 is 5.97 Å². The molecular formula is C25H40O3. The first kappa shape index (κ1) is 20.4. The van der Waals surface area contributed by atoms with Gasteiger partial charge in [-0.3, -0.25) is 4.79 Å². The minimum absolute atomic E-state index is 0.0566. The third-order valence-corrected chi connectivity index (χ3v) is 9.82. The van der Waals surface area contributed by atoms with E-state index in [1.54, 1.807) is 5.57 Å². The molecule has 0 aliphatic heterocycles. The maximum Gasteiger partial charge on any atom is 0.305 e. The van der Waals surface area contributed by atoms with Gasteiger partial charge in [0.1, 0.15) is 0 Å². The van der Waals surface area contributed by atoms with Crippen LogP contribution in [0.3, 0.4) is 0 Å².